The summed E-state index contributed by atoms with van der Waals surface area (Å²) in [6, 6.07) is 7.10. The molecule has 0 spiro atoms. The van der Waals surface area contributed by atoms with E-state index in [2.05, 4.69) is 4.90 Å². The van der Waals surface area contributed by atoms with E-state index in [1.165, 1.54) is 0 Å². The van der Waals surface area contributed by atoms with Crippen molar-refractivity contribution in [2.24, 2.45) is 0 Å². The number of likely N-dealkylation sites (tertiary alicyclic amines) is 2. The van der Waals surface area contributed by atoms with Gasteiger partial charge in [-0.2, -0.15) is 0 Å². The van der Waals surface area contributed by atoms with Crippen molar-refractivity contribution in [2.75, 3.05) is 26.2 Å². The van der Waals surface area contributed by atoms with E-state index in [-0.39, 0.29) is 17.8 Å². The van der Waals surface area contributed by atoms with Crippen LogP contribution >= 0.6 is 0 Å². The second-order valence-electron chi connectivity index (χ2n) is 8.88. The number of amides is 1. The number of hydrogen-bond acceptors (Lipinski definition) is 5. The lowest BCUT2D eigenvalue weighted by atomic mass is 9.99. The summed E-state index contributed by atoms with van der Waals surface area (Å²) in [7, 11) is 0. The molecule has 2 fully saturated rings. The Balaban J connectivity index is 1.41. The van der Waals surface area contributed by atoms with Crippen molar-refractivity contribution in [2.45, 2.75) is 64.2 Å². The van der Waals surface area contributed by atoms with Crippen LogP contribution in [0.3, 0.4) is 0 Å². The van der Waals surface area contributed by atoms with E-state index in [1.807, 2.05) is 25.7 Å². The van der Waals surface area contributed by atoms with Gasteiger partial charge in [0.05, 0.1) is 5.56 Å². The molecule has 2 aliphatic rings. The average Bonchev–Trinajstić information content (AvgIpc) is 2.68. The number of ether oxygens (including phenoxy) is 2. The molecule has 7 heteroatoms. The Labute approximate surface area is 172 Å². The lowest BCUT2D eigenvalue weighted by Gasteiger charge is -2.41. The second kappa shape index (κ2) is 9.03. The molecule has 7 nitrogen and oxygen atoms in total. The van der Waals surface area contributed by atoms with Crippen LogP contribution in [0.5, 0.6) is 5.75 Å². The molecule has 1 aromatic carbocycles. The largest absolute Gasteiger partial charge is 0.490 e. The third kappa shape index (κ3) is 6.10. The zero-order valence-corrected chi connectivity index (χ0v) is 17.6. The molecule has 2 heterocycles. The van der Waals surface area contributed by atoms with Gasteiger partial charge in [-0.1, -0.05) is 0 Å². The molecule has 160 valence electrons. The molecule has 1 N–H and O–H groups in total. The summed E-state index contributed by atoms with van der Waals surface area (Å²) in [6.07, 6.45) is 3.80. The van der Waals surface area contributed by atoms with Crippen molar-refractivity contribution in [3.63, 3.8) is 0 Å². The highest BCUT2D eigenvalue weighted by Crippen LogP contribution is 2.25. The Morgan fingerprint density at radius 2 is 1.55 bits per heavy atom. The lowest BCUT2D eigenvalue weighted by molar-refractivity contribution is 0.00905. The number of nitrogens with zero attached hydrogens (tertiary/aromatic N) is 2. The van der Waals surface area contributed by atoms with E-state index in [0.717, 1.165) is 57.6 Å². The van der Waals surface area contributed by atoms with E-state index in [0.29, 0.717) is 6.04 Å². The predicted octanol–water partition coefficient (Wildman–Crippen LogP) is 3.63. The van der Waals surface area contributed by atoms with Crippen LogP contribution < -0.4 is 4.74 Å². The maximum absolute atomic E-state index is 12.2. The van der Waals surface area contributed by atoms with Crippen molar-refractivity contribution >= 4 is 12.1 Å². The number of carbonyl (C=O) groups excluding carboxylic acids is 1. The van der Waals surface area contributed by atoms with Crippen LogP contribution in [0.4, 0.5) is 4.79 Å². The second-order valence-corrected chi connectivity index (χ2v) is 8.88. The first-order valence-corrected chi connectivity index (χ1v) is 10.4. The van der Waals surface area contributed by atoms with Gasteiger partial charge in [-0.25, -0.2) is 9.59 Å². The minimum atomic E-state index is -0.928. The zero-order chi connectivity index (χ0) is 21.0. The van der Waals surface area contributed by atoms with E-state index < -0.39 is 11.6 Å². The molecule has 29 heavy (non-hydrogen) atoms. The summed E-state index contributed by atoms with van der Waals surface area (Å²) in [6.45, 7) is 9.13. The fourth-order valence-electron chi connectivity index (χ4n) is 3.97. The lowest BCUT2D eigenvalue weighted by Crippen LogP contribution is -2.50. The van der Waals surface area contributed by atoms with Gasteiger partial charge in [0.1, 0.15) is 17.5 Å². The van der Waals surface area contributed by atoms with Crippen LogP contribution in [0.15, 0.2) is 24.3 Å². The van der Waals surface area contributed by atoms with Gasteiger partial charge in [0.2, 0.25) is 0 Å². The van der Waals surface area contributed by atoms with Gasteiger partial charge in [-0.3, -0.25) is 4.90 Å². The number of piperidine rings is 2. The first-order valence-electron chi connectivity index (χ1n) is 10.4. The molecule has 0 bridgehead atoms. The van der Waals surface area contributed by atoms with Gasteiger partial charge >= 0.3 is 12.1 Å². The molecule has 0 radical (unpaired) electrons. The van der Waals surface area contributed by atoms with Crippen molar-refractivity contribution < 1.29 is 24.2 Å². The monoisotopic (exact) mass is 404 g/mol. The Morgan fingerprint density at radius 1 is 0.966 bits per heavy atom. The van der Waals surface area contributed by atoms with E-state index >= 15 is 0 Å². The normalized spacial score (nSPS) is 19.8. The molecule has 3 rings (SSSR count). The van der Waals surface area contributed by atoms with Gasteiger partial charge in [0.25, 0.3) is 0 Å². The molecule has 0 unspecified atom stereocenters. The topological polar surface area (TPSA) is 79.3 Å². The number of carbonyl (C=O) groups is 2. The highest BCUT2D eigenvalue weighted by atomic mass is 16.6. The average molecular weight is 405 g/mol. The molecule has 0 aromatic heterocycles. The molecule has 1 amide bonds. The van der Waals surface area contributed by atoms with E-state index in [4.69, 9.17) is 14.6 Å². The first-order chi connectivity index (χ1) is 13.7. The van der Waals surface area contributed by atoms with Gasteiger partial charge in [0, 0.05) is 32.2 Å². The Morgan fingerprint density at radius 3 is 2.07 bits per heavy atom. The van der Waals surface area contributed by atoms with Gasteiger partial charge in [-0.15, -0.1) is 0 Å². The SMILES string of the molecule is CC(C)(C)OC(=O)N1CCC(N2CCC(Oc3ccc(C(=O)O)cc3)CC2)CC1. The summed E-state index contributed by atoms with van der Waals surface area (Å²) in [5.41, 5.74) is -0.186. The van der Waals surface area contributed by atoms with Crippen LogP contribution in [0.1, 0.15) is 56.8 Å². The predicted molar refractivity (Wildman–Crippen MR) is 109 cm³/mol. The number of carboxylic acids is 1. The highest BCUT2D eigenvalue weighted by Gasteiger charge is 2.31. The maximum atomic E-state index is 12.2. The van der Waals surface area contributed by atoms with Gasteiger partial charge in [0.15, 0.2) is 0 Å². The Hall–Kier alpha value is -2.28. The zero-order valence-electron chi connectivity index (χ0n) is 17.6. The third-order valence-electron chi connectivity index (χ3n) is 5.51. The van der Waals surface area contributed by atoms with E-state index in [9.17, 15) is 9.59 Å². The summed E-state index contributed by atoms with van der Waals surface area (Å²) in [4.78, 5) is 27.5. The number of aromatic carboxylic acids is 1. The number of benzene rings is 1. The maximum Gasteiger partial charge on any atom is 0.410 e. The molecule has 0 atom stereocenters. The number of hydrogen-bond donors (Lipinski definition) is 1. The standard InChI is InChI=1S/C22H32N2O5/c1-22(2,3)29-21(27)24-12-8-17(9-13-24)23-14-10-19(11-15-23)28-18-6-4-16(5-7-18)20(25)26/h4-7,17,19H,8-15H2,1-3H3,(H,25,26). The van der Waals surface area contributed by atoms with Gasteiger partial charge < -0.3 is 19.5 Å². The molecule has 2 saturated heterocycles. The minimum Gasteiger partial charge on any atom is -0.490 e. The van der Waals surface area contributed by atoms with Crippen LogP contribution in [0.2, 0.25) is 0 Å². The van der Waals surface area contributed by atoms with E-state index in [1.54, 1.807) is 24.3 Å². The smallest absolute Gasteiger partial charge is 0.410 e. The summed E-state index contributed by atoms with van der Waals surface area (Å²) in [5.74, 6) is -0.207. The van der Waals surface area contributed by atoms with Crippen molar-refractivity contribution in [3.05, 3.63) is 29.8 Å². The van der Waals surface area contributed by atoms with Crippen LogP contribution in [0, 0.1) is 0 Å². The van der Waals surface area contributed by atoms with Crippen molar-refractivity contribution in [1.82, 2.24) is 9.80 Å². The molecule has 2 aliphatic heterocycles. The molecular weight excluding hydrogens is 372 g/mol. The van der Waals surface area contributed by atoms with Crippen molar-refractivity contribution in [3.8, 4) is 5.75 Å². The molecule has 1 aromatic rings. The Bertz CT molecular complexity index is 697. The molecule has 0 aliphatic carbocycles. The van der Waals surface area contributed by atoms with Crippen LogP contribution in [-0.4, -0.2) is 70.9 Å². The third-order valence-corrected chi connectivity index (χ3v) is 5.51. The first kappa shape index (κ1) is 21.4. The summed E-state index contributed by atoms with van der Waals surface area (Å²) in [5, 5.41) is 8.97. The van der Waals surface area contributed by atoms with Crippen LogP contribution in [-0.2, 0) is 4.74 Å². The van der Waals surface area contributed by atoms with Gasteiger partial charge in [-0.05, 0) is 70.7 Å². The quantitative estimate of drug-likeness (QED) is 0.826. The minimum absolute atomic E-state index is 0.156. The summed E-state index contributed by atoms with van der Waals surface area (Å²) >= 11 is 0. The van der Waals surface area contributed by atoms with Crippen LogP contribution in [0.25, 0.3) is 0 Å². The fourth-order valence-corrected chi connectivity index (χ4v) is 3.97. The fraction of sp³-hybridized carbons (Fsp3) is 0.636. The highest BCUT2D eigenvalue weighted by molar-refractivity contribution is 5.87. The number of rotatable bonds is 4. The molecule has 0 saturated carbocycles. The summed E-state index contributed by atoms with van der Waals surface area (Å²) < 4.78 is 11.5. The number of carboxylic acid groups (broad SMARTS) is 1. The Kier molecular flexibility index (Phi) is 6.67. The molecular formula is C22H32N2O5. The van der Waals surface area contributed by atoms with Crippen molar-refractivity contribution in [1.29, 1.82) is 0 Å².